The van der Waals surface area contributed by atoms with Gasteiger partial charge in [0.1, 0.15) is 5.15 Å². The van der Waals surface area contributed by atoms with Gasteiger partial charge in [0.25, 0.3) is 0 Å². The molecule has 0 fully saturated rings. The quantitative estimate of drug-likeness (QED) is 0.630. The first-order valence-electron chi connectivity index (χ1n) is 5.45. The standard InChI is InChI=1S/C13H11ClN2O2/c1-2-18-13(17)11-7-10(8-16-12(11)14)9-3-5-15-6-4-9/h3-8H,2H2,1H3. The van der Waals surface area contributed by atoms with Crippen LogP contribution in [-0.4, -0.2) is 22.5 Å². The highest BCUT2D eigenvalue weighted by molar-refractivity contribution is 6.32. The lowest BCUT2D eigenvalue weighted by Crippen LogP contribution is -2.06. The molecular formula is C13H11ClN2O2. The van der Waals surface area contributed by atoms with Crippen LogP contribution in [0.4, 0.5) is 0 Å². The number of carbonyl (C=O) groups is 1. The molecule has 0 spiro atoms. The summed E-state index contributed by atoms with van der Waals surface area (Å²) < 4.78 is 4.92. The van der Waals surface area contributed by atoms with Crippen LogP contribution in [0.15, 0.2) is 36.8 Å². The molecule has 0 aromatic carbocycles. The van der Waals surface area contributed by atoms with Crippen molar-refractivity contribution in [3.63, 3.8) is 0 Å². The number of ether oxygens (including phenoxy) is 1. The van der Waals surface area contributed by atoms with Gasteiger partial charge in [-0.2, -0.15) is 0 Å². The molecule has 0 amide bonds. The van der Waals surface area contributed by atoms with Crippen LogP contribution in [0.5, 0.6) is 0 Å². The Morgan fingerprint density at radius 3 is 2.72 bits per heavy atom. The smallest absolute Gasteiger partial charge is 0.341 e. The molecule has 0 aliphatic heterocycles. The molecule has 0 saturated heterocycles. The monoisotopic (exact) mass is 262 g/mol. The summed E-state index contributed by atoms with van der Waals surface area (Å²) in [5.74, 6) is -0.467. The molecule has 18 heavy (non-hydrogen) atoms. The molecule has 0 bridgehead atoms. The molecule has 92 valence electrons. The summed E-state index contributed by atoms with van der Waals surface area (Å²) in [6, 6.07) is 5.34. The molecule has 0 aliphatic carbocycles. The minimum Gasteiger partial charge on any atom is -0.462 e. The second kappa shape index (κ2) is 5.60. The van der Waals surface area contributed by atoms with Crippen LogP contribution in [0.2, 0.25) is 5.15 Å². The molecule has 0 unspecified atom stereocenters. The Balaban J connectivity index is 2.41. The van der Waals surface area contributed by atoms with Crippen LogP contribution in [0.3, 0.4) is 0 Å². The highest BCUT2D eigenvalue weighted by Gasteiger charge is 2.13. The Labute approximate surface area is 110 Å². The number of carbonyl (C=O) groups excluding carboxylic acids is 1. The van der Waals surface area contributed by atoms with E-state index in [2.05, 4.69) is 9.97 Å². The fourth-order valence-corrected chi connectivity index (χ4v) is 1.68. The summed E-state index contributed by atoms with van der Waals surface area (Å²) in [5, 5.41) is 0.145. The van der Waals surface area contributed by atoms with Crippen LogP contribution in [0.1, 0.15) is 17.3 Å². The van der Waals surface area contributed by atoms with Crippen molar-refractivity contribution in [2.75, 3.05) is 6.61 Å². The van der Waals surface area contributed by atoms with Crippen LogP contribution in [0, 0.1) is 0 Å². The van der Waals surface area contributed by atoms with Gasteiger partial charge in [-0.3, -0.25) is 4.98 Å². The van der Waals surface area contributed by atoms with Gasteiger partial charge in [0, 0.05) is 24.2 Å². The molecule has 0 N–H and O–H groups in total. The Morgan fingerprint density at radius 2 is 2.06 bits per heavy atom. The number of rotatable bonds is 3. The zero-order valence-electron chi connectivity index (χ0n) is 9.76. The summed E-state index contributed by atoms with van der Waals surface area (Å²) in [6.07, 6.45) is 4.96. The Bertz CT molecular complexity index is 558. The van der Waals surface area contributed by atoms with Gasteiger partial charge in [0.05, 0.1) is 12.2 Å². The predicted molar refractivity (Wildman–Crippen MR) is 68.4 cm³/mol. The summed E-state index contributed by atoms with van der Waals surface area (Å²) in [7, 11) is 0. The van der Waals surface area contributed by atoms with Gasteiger partial charge in [-0.1, -0.05) is 11.6 Å². The van der Waals surface area contributed by atoms with Crippen molar-refractivity contribution in [3.8, 4) is 11.1 Å². The van der Waals surface area contributed by atoms with Gasteiger partial charge >= 0.3 is 5.97 Å². The maximum absolute atomic E-state index is 11.7. The van der Waals surface area contributed by atoms with E-state index in [0.29, 0.717) is 6.61 Å². The van der Waals surface area contributed by atoms with Crippen molar-refractivity contribution in [1.29, 1.82) is 0 Å². The zero-order valence-corrected chi connectivity index (χ0v) is 10.5. The van der Waals surface area contributed by atoms with E-state index >= 15 is 0 Å². The normalized spacial score (nSPS) is 10.1. The van der Waals surface area contributed by atoms with E-state index in [9.17, 15) is 4.79 Å². The fraction of sp³-hybridized carbons (Fsp3) is 0.154. The second-order valence-electron chi connectivity index (χ2n) is 3.52. The van der Waals surface area contributed by atoms with Gasteiger partial charge in [-0.15, -0.1) is 0 Å². The molecule has 2 aromatic rings. The third kappa shape index (κ3) is 2.65. The maximum atomic E-state index is 11.7. The average Bonchev–Trinajstić information content (AvgIpc) is 2.40. The highest BCUT2D eigenvalue weighted by atomic mass is 35.5. The first kappa shape index (κ1) is 12.5. The van der Waals surface area contributed by atoms with Gasteiger partial charge in [-0.05, 0) is 30.7 Å². The molecular weight excluding hydrogens is 252 g/mol. The molecule has 2 aromatic heterocycles. The van der Waals surface area contributed by atoms with Gasteiger partial charge in [0.2, 0.25) is 0 Å². The van der Waals surface area contributed by atoms with Crippen molar-refractivity contribution in [2.24, 2.45) is 0 Å². The van der Waals surface area contributed by atoms with Crippen molar-refractivity contribution < 1.29 is 9.53 Å². The minimum atomic E-state index is -0.467. The number of hydrogen-bond donors (Lipinski definition) is 0. The molecule has 4 nitrogen and oxygen atoms in total. The lowest BCUT2D eigenvalue weighted by molar-refractivity contribution is 0.0526. The van der Waals surface area contributed by atoms with E-state index in [0.717, 1.165) is 11.1 Å². The van der Waals surface area contributed by atoms with Crippen LogP contribution >= 0.6 is 11.6 Å². The van der Waals surface area contributed by atoms with Crippen LogP contribution in [0.25, 0.3) is 11.1 Å². The topological polar surface area (TPSA) is 52.1 Å². The number of nitrogens with zero attached hydrogens (tertiary/aromatic N) is 2. The second-order valence-corrected chi connectivity index (χ2v) is 3.88. The summed E-state index contributed by atoms with van der Waals surface area (Å²) in [4.78, 5) is 19.6. The largest absolute Gasteiger partial charge is 0.462 e. The maximum Gasteiger partial charge on any atom is 0.341 e. The summed E-state index contributed by atoms with van der Waals surface area (Å²) >= 11 is 5.89. The van der Waals surface area contributed by atoms with Gasteiger partial charge < -0.3 is 4.74 Å². The van der Waals surface area contributed by atoms with Crippen molar-refractivity contribution in [2.45, 2.75) is 6.92 Å². The van der Waals surface area contributed by atoms with E-state index in [-0.39, 0.29) is 10.7 Å². The van der Waals surface area contributed by atoms with Crippen molar-refractivity contribution in [3.05, 3.63) is 47.5 Å². The lowest BCUT2D eigenvalue weighted by Gasteiger charge is -2.06. The average molecular weight is 263 g/mol. The predicted octanol–water partition coefficient (Wildman–Crippen LogP) is 2.97. The molecule has 0 atom stereocenters. The summed E-state index contributed by atoms with van der Waals surface area (Å²) in [5.41, 5.74) is 1.98. The van der Waals surface area contributed by atoms with E-state index in [1.54, 1.807) is 31.6 Å². The molecule has 5 heteroatoms. The van der Waals surface area contributed by atoms with Crippen molar-refractivity contribution >= 4 is 17.6 Å². The van der Waals surface area contributed by atoms with Crippen LogP contribution < -0.4 is 0 Å². The van der Waals surface area contributed by atoms with Gasteiger partial charge in [0.15, 0.2) is 0 Å². The van der Waals surface area contributed by atoms with E-state index < -0.39 is 5.97 Å². The number of halogens is 1. The van der Waals surface area contributed by atoms with E-state index in [4.69, 9.17) is 16.3 Å². The van der Waals surface area contributed by atoms with Gasteiger partial charge in [-0.25, -0.2) is 9.78 Å². The van der Waals surface area contributed by atoms with Crippen LogP contribution in [-0.2, 0) is 4.74 Å². The first-order valence-corrected chi connectivity index (χ1v) is 5.83. The SMILES string of the molecule is CCOC(=O)c1cc(-c2ccncc2)cnc1Cl. The first-order chi connectivity index (χ1) is 8.72. The Morgan fingerprint density at radius 1 is 1.33 bits per heavy atom. The fourth-order valence-electron chi connectivity index (χ4n) is 1.50. The number of pyridine rings is 2. The molecule has 0 aliphatic rings. The number of esters is 1. The lowest BCUT2D eigenvalue weighted by atomic mass is 10.1. The molecule has 0 saturated carbocycles. The third-order valence-corrected chi connectivity index (χ3v) is 2.65. The van der Waals surface area contributed by atoms with Crippen molar-refractivity contribution in [1.82, 2.24) is 9.97 Å². The number of aromatic nitrogens is 2. The number of hydrogen-bond acceptors (Lipinski definition) is 4. The Kier molecular flexibility index (Phi) is 3.89. The van der Waals surface area contributed by atoms with E-state index in [1.165, 1.54) is 0 Å². The van der Waals surface area contributed by atoms with E-state index in [1.807, 2.05) is 12.1 Å². The molecule has 2 heterocycles. The zero-order chi connectivity index (χ0) is 13.0. The molecule has 2 rings (SSSR count). The highest BCUT2D eigenvalue weighted by Crippen LogP contribution is 2.23. The summed E-state index contributed by atoms with van der Waals surface area (Å²) in [6.45, 7) is 2.04. The third-order valence-electron chi connectivity index (χ3n) is 2.35. The Hall–Kier alpha value is -1.94. The molecule has 0 radical (unpaired) electrons. The minimum absolute atomic E-state index is 0.145.